The Hall–Kier alpha value is -3.15. The summed E-state index contributed by atoms with van der Waals surface area (Å²) in [7, 11) is 0. The monoisotopic (exact) mass is 338 g/mol. The second kappa shape index (κ2) is 6.76. The smallest absolute Gasteiger partial charge is 0.267 e. The summed E-state index contributed by atoms with van der Waals surface area (Å²) in [4.78, 5) is 37.2. The SMILES string of the molecule is CC(=O)c1ccc(NC(=O)C2CN(C(C)=O)c3ccccc3O2)cc1. The maximum absolute atomic E-state index is 12.5. The Labute approximate surface area is 145 Å². The van der Waals surface area contributed by atoms with Crippen LogP contribution >= 0.6 is 0 Å². The average Bonchev–Trinajstić information content (AvgIpc) is 2.61. The molecule has 0 aliphatic carbocycles. The maximum atomic E-state index is 12.5. The standard InChI is InChI=1S/C19H18N2O4/c1-12(22)14-7-9-15(10-8-14)20-19(24)18-11-21(13(2)23)16-5-3-4-6-17(16)25-18/h3-10,18H,11H2,1-2H3,(H,20,24). The van der Waals surface area contributed by atoms with E-state index in [2.05, 4.69) is 5.32 Å². The van der Waals surface area contributed by atoms with Gasteiger partial charge in [-0.05, 0) is 43.3 Å². The van der Waals surface area contributed by atoms with Crippen LogP contribution in [0.4, 0.5) is 11.4 Å². The van der Waals surface area contributed by atoms with Crippen LogP contribution < -0.4 is 15.0 Å². The van der Waals surface area contributed by atoms with Gasteiger partial charge in [0, 0.05) is 18.2 Å². The van der Waals surface area contributed by atoms with Gasteiger partial charge in [0.2, 0.25) is 5.91 Å². The zero-order valence-electron chi connectivity index (χ0n) is 14.0. The number of rotatable bonds is 3. The van der Waals surface area contributed by atoms with Gasteiger partial charge in [-0.15, -0.1) is 0 Å². The maximum Gasteiger partial charge on any atom is 0.267 e. The lowest BCUT2D eigenvalue weighted by molar-refractivity contribution is -0.123. The molecule has 0 saturated heterocycles. The number of ether oxygens (including phenoxy) is 1. The van der Waals surface area contributed by atoms with Gasteiger partial charge in [0.15, 0.2) is 11.9 Å². The number of para-hydroxylation sites is 2. The topological polar surface area (TPSA) is 75.7 Å². The molecule has 25 heavy (non-hydrogen) atoms. The van der Waals surface area contributed by atoms with Crippen LogP contribution in [0.2, 0.25) is 0 Å². The first-order valence-electron chi connectivity index (χ1n) is 7.91. The van der Waals surface area contributed by atoms with Crippen LogP contribution in [0.25, 0.3) is 0 Å². The number of Topliss-reactive ketones (excluding diaryl/α,β-unsaturated/α-hetero) is 1. The predicted octanol–water partition coefficient (Wildman–Crippen LogP) is 2.64. The molecule has 1 N–H and O–H groups in total. The van der Waals surface area contributed by atoms with E-state index in [0.717, 1.165) is 0 Å². The van der Waals surface area contributed by atoms with Gasteiger partial charge in [-0.1, -0.05) is 12.1 Å². The Balaban J connectivity index is 1.76. The molecule has 1 aliphatic rings. The van der Waals surface area contributed by atoms with Crippen LogP contribution in [0.3, 0.4) is 0 Å². The predicted molar refractivity (Wildman–Crippen MR) is 94.0 cm³/mol. The van der Waals surface area contributed by atoms with Crippen molar-refractivity contribution in [2.75, 3.05) is 16.8 Å². The Morgan fingerprint density at radius 2 is 1.72 bits per heavy atom. The molecule has 3 rings (SSSR count). The van der Waals surface area contributed by atoms with Crippen molar-refractivity contribution in [3.63, 3.8) is 0 Å². The van der Waals surface area contributed by atoms with Crippen molar-refractivity contribution >= 4 is 29.0 Å². The van der Waals surface area contributed by atoms with E-state index in [0.29, 0.717) is 22.7 Å². The second-order valence-corrected chi connectivity index (χ2v) is 5.83. The lowest BCUT2D eigenvalue weighted by Crippen LogP contribution is -2.48. The molecule has 0 bridgehead atoms. The number of nitrogens with zero attached hydrogens (tertiary/aromatic N) is 1. The second-order valence-electron chi connectivity index (χ2n) is 5.83. The van der Waals surface area contributed by atoms with Gasteiger partial charge in [-0.25, -0.2) is 0 Å². The minimum Gasteiger partial charge on any atom is -0.476 e. The summed E-state index contributed by atoms with van der Waals surface area (Å²) < 4.78 is 5.75. The van der Waals surface area contributed by atoms with Gasteiger partial charge in [-0.2, -0.15) is 0 Å². The number of anilines is 2. The minimum atomic E-state index is -0.814. The van der Waals surface area contributed by atoms with E-state index in [1.807, 2.05) is 6.07 Å². The highest BCUT2D eigenvalue weighted by Crippen LogP contribution is 2.33. The molecule has 2 amide bonds. The molecule has 6 nitrogen and oxygen atoms in total. The Morgan fingerprint density at radius 1 is 1.04 bits per heavy atom. The number of nitrogens with one attached hydrogen (secondary N) is 1. The number of fused-ring (bicyclic) bond motifs is 1. The van der Waals surface area contributed by atoms with Crippen LogP contribution in [-0.4, -0.2) is 30.2 Å². The average molecular weight is 338 g/mol. The van der Waals surface area contributed by atoms with Crippen LogP contribution in [0.1, 0.15) is 24.2 Å². The Morgan fingerprint density at radius 3 is 2.36 bits per heavy atom. The van der Waals surface area contributed by atoms with Crippen LogP contribution in [0.15, 0.2) is 48.5 Å². The van der Waals surface area contributed by atoms with Gasteiger partial charge in [0.1, 0.15) is 5.75 Å². The van der Waals surface area contributed by atoms with E-state index in [-0.39, 0.29) is 24.1 Å². The summed E-state index contributed by atoms with van der Waals surface area (Å²) >= 11 is 0. The summed E-state index contributed by atoms with van der Waals surface area (Å²) in [6, 6.07) is 13.7. The van der Waals surface area contributed by atoms with E-state index in [9.17, 15) is 14.4 Å². The van der Waals surface area contributed by atoms with E-state index >= 15 is 0 Å². The molecular weight excluding hydrogens is 320 g/mol. The number of amides is 2. The Kier molecular flexibility index (Phi) is 4.52. The zero-order valence-corrected chi connectivity index (χ0v) is 14.0. The largest absolute Gasteiger partial charge is 0.476 e. The van der Waals surface area contributed by atoms with E-state index in [1.54, 1.807) is 42.5 Å². The highest BCUT2D eigenvalue weighted by atomic mass is 16.5. The molecule has 0 radical (unpaired) electrons. The lowest BCUT2D eigenvalue weighted by Gasteiger charge is -2.33. The fourth-order valence-electron chi connectivity index (χ4n) is 2.68. The number of carbonyl (C=O) groups is 3. The molecule has 2 aromatic carbocycles. The molecule has 1 unspecified atom stereocenters. The summed E-state index contributed by atoms with van der Waals surface area (Å²) in [5.74, 6) is -0.0473. The normalized spacial score (nSPS) is 15.8. The van der Waals surface area contributed by atoms with Crippen LogP contribution in [0.5, 0.6) is 5.75 Å². The third kappa shape index (κ3) is 3.52. The summed E-state index contributed by atoms with van der Waals surface area (Å²) in [6.45, 7) is 3.08. The molecule has 0 aromatic heterocycles. The fraction of sp³-hybridized carbons (Fsp3) is 0.211. The number of carbonyl (C=O) groups excluding carboxylic acids is 3. The highest BCUT2D eigenvalue weighted by molar-refractivity contribution is 6.00. The number of ketones is 1. The van der Waals surface area contributed by atoms with Crippen molar-refractivity contribution in [1.82, 2.24) is 0 Å². The molecule has 6 heteroatoms. The summed E-state index contributed by atoms with van der Waals surface area (Å²) in [6.07, 6.45) is -0.814. The van der Waals surface area contributed by atoms with Gasteiger partial charge < -0.3 is 15.0 Å². The molecule has 2 aromatic rings. The fourth-order valence-corrected chi connectivity index (χ4v) is 2.68. The molecular formula is C19H18N2O4. The van der Waals surface area contributed by atoms with Gasteiger partial charge in [0.25, 0.3) is 5.91 Å². The Bertz CT molecular complexity index is 830. The van der Waals surface area contributed by atoms with Gasteiger partial charge >= 0.3 is 0 Å². The van der Waals surface area contributed by atoms with Crippen molar-refractivity contribution in [3.05, 3.63) is 54.1 Å². The lowest BCUT2D eigenvalue weighted by atomic mass is 10.1. The van der Waals surface area contributed by atoms with E-state index in [4.69, 9.17) is 4.74 Å². The first-order valence-corrected chi connectivity index (χ1v) is 7.91. The van der Waals surface area contributed by atoms with Gasteiger partial charge in [0.05, 0.1) is 12.2 Å². The van der Waals surface area contributed by atoms with E-state index in [1.165, 1.54) is 18.7 Å². The quantitative estimate of drug-likeness (QED) is 0.873. The first kappa shape index (κ1) is 16.7. The number of benzene rings is 2. The zero-order chi connectivity index (χ0) is 18.0. The first-order chi connectivity index (χ1) is 12.0. The molecule has 0 fully saturated rings. The highest BCUT2D eigenvalue weighted by Gasteiger charge is 2.32. The van der Waals surface area contributed by atoms with E-state index < -0.39 is 6.10 Å². The minimum absolute atomic E-state index is 0.0396. The molecule has 1 atom stereocenters. The molecule has 0 saturated carbocycles. The summed E-state index contributed by atoms with van der Waals surface area (Å²) in [5, 5.41) is 2.75. The van der Waals surface area contributed by atoms with Crippen molar-refractivity contribution in [1.29, 1.82) is 0 Å². The van der Waals surface area contributed by atoms with Crippen molar-refractivity contribution in [2.24, 2.45) is 0 Å². The summed E-state index contributed by atoms with van der Waals surface area (Å²) in [5.41, 5.74) is 1.79. The van der Waals surface area contributed by atoms with Crippen molar-refractivity contribution in [2.45, 2.75) is 20.0 Å². The number of hydrogen-bond donors (Lipinski definition) is 1. The van der Waals surface area contributed by atoms with Gasteiger partial charge in [-0.3, -0.25) is 14.4 Å². The third-order valence-corrected chi connectivity index (χ3v) is 4.01. The molecule has 128 valence electrons. The van der Waals surface area contributed by atoms with Crippen LogP contribution in [0, 0.1) is 0 Å². The molecule has 1 heterocycles. The third-order valence-electron chi connectivity index (χ3n) is 4.01. The van der Waals surface area contributed by atoms with Crippen molar-refractivity contribution in [3.8, 4) is 5.75 Å². The van der Waals surface area contributed by atoms with Crippen LogP contribution in [-0.2, 0) is 9.59 Å². The van der Waals surface area contributed by atoms with Crippen molar-refractivity contribution < 1.29 is 19.1 Å². The molecule has 0 spiro atoms. The number of hydrogen-bond acceptors (Lipinski definition) is 4. The molecule has 1 aliphatic heterocycles.